The fourth-order valence-electron chi connectivity index (χ4n) is 3.09. The number of nitrogens with zero attached hydrogens (tertiary/aromatic N) is 4. The molecule has 4 rings (SSSR count). The predicted molar refractivity (Wildman–Crippen MR) is 114 cm³/mol. The van der Waals surface area contributed by atoms with Crippen molar-refractivity contribution in [3.8, 4) is 5.69 Å². The molecule has 31 heavy (non-hydrogen) atoms. The van der Waals surface area contributed by atoms with Gasteiger partial charge in [0.25, 0.3) is 0 Å². The summed E-state index contributed by atoms with van der Waals surface area (Å²) in [6.07, 6.45) is 0.413. The van der Waals surface area contributed by atoms with Crippen LogP contribution < -0.4 is 0 Å². The van der Waals surface area contributed by atoms with Gasteiger partial charge >= 0.3 is 5.97 Å². The minimum absolute atomic E-state index is 0.275. The number of esters is 1. The Morgan fingerprint density at radius 2 is 1.39 bits per heavy atom. The Kier molecular flexibility index (Phi) is 5.66. The Morgan fingerprint density at radius 1 is 0.806 bits per heavy atom. The monoisotopic (exact) mass is 412 g/mol. The van der Waals surface area contributed by atoms with Crippen LogP contribution in [0.15, 0.2) is 79.1 Å². The van der Waals surface area contributed by atoms with E-state index in [1.165, 1.54) is 11.0 Å². The summed E-state index contributed by atoms with van der Waals surface area (Å²) in [6, 6.07) is 21.2. The summed E-state index contributed by atoms with van der Waals surface area (Å²) in [5.74, 6) is -0.864. The summed E-state index contributed by atoms with van der Waals surface area (Å²) < 4.78 is 7.18. The van der Waals surface area contributed by atoms with Crippen LogP contribution in [0.3, 0.4) is 0 Å². The molecule has 0 saturated carbocycles. The molecule has 0 aliphatic carbocycles. The molecule has 4 aromatic rings. The van der Waals surface area contributed by atoms with E-state index in [0.717, 1.165) is 11.1 Å². The maximum absolute atomic E-state index is 13.2. The maximum Gasteiger partial charge on any atom is 0.339 e. The van der Waals surface area contributed by atoms with Crippen molar-refractivity contribution in [2.45, 2.75) is 20.0 Å². The number of ketones is 1. The highest BCUT2D eigenvalue weighted by Crippen LogP contribution is 2.25. The molecule has 154 valence electrons. The lowest BCUT2D eigenvalue weighted by Gasteiger charge is -2.18. The van der Waals surface area contributed by atoms with Gasteiger partial charge in [0.05, 0.1) is 11.3 Å². The molecule has 0 bridgehead atoms. The summed E-state index contributed by atoms with van der Waals surface area (Å²) in [7, 11) is 0. The van der Waals surface area contributed by atoms with Crippen molar-refractivity contribution in [3.63, 3.8) is 0 Å². The van der Waals surface area contributed by atoms with Gasteiger partial charge in [-0.1, -0.05) is 59.7 Å². The van der Waals surface area contributed by atoms with E-state index in [0.29, 0.717) is 22.4 Å². The van der Waals surface area contributed by atoms with E-state index < -0.39 is 12.1 Å². The van der Waals surface area contributed by atoms with Crippen molar-refractivity contribution >= 4 is 11.8 Å². The molecule has 0 fully saturated rings. The number of aromatic nitrogens is 4. The molecule has 1 aromatic heterocycles. The van der Waals surface area contributed by atoms with Crippen LogP contribution in [0.5, 0.6) is 0 Å². The van der Waals surface area contributed by atoms with E-state index in [9.17, 15) is 9.59 Å². The smallest absolute Gasteiger partial charge is 0.339 e. The Bertz CT molecular complexity index is 1180. The van der Waals surface area contributed by atoms with Gasteiger partial charge in [0, 0.05) is 11.1 Å². The van der Waals surface area contributed by atoms with E-state index in [1.807, 2.05) is 38.1 Å². The average Bonchev–Trinajstić information content (AvgIpc) is 3.33. The number of ether oxygens (including phenoxy) is 1. The fourth-order valence-corrected chi connectivity index (χ4v) is 3.09. The quantitative estimate of drug-likeness (QED) is 0.351. The van der Waals surface area contributed by atoms with Crippen molar-refractivity contribution in [1.29, 1.82) is 0 Å². The molecular formula is C24H20N4O3. The van der Waals surface area contributed by atoms with Crippen molar-refractivity contribution in [2.75, 3.05) is 0 Å². The third kappa shape index (κ3) is 4.56. The van der Waals surface area contributed by atoms with Gasteiger partial charge in [-0.05, 0) is 48.5 Å². The second-order valence-corrected chi connectivity index (χ2v) is 7.23. The number of carbonyl (C=O) groups is 2. The molecule has 0 radical (unpaired) electrons. The first-order valence-corrected chi connectivity index (χ1v) is 9.73. The van der Waals surface area contributed by atoms with Gasteiger partial charge in [-0.2, -0.15) is 0 Å². The molecule has 1 heterocycles. The molecule has 3 aromatic carbocycles. The minimum Gasteiger partial charge on any atom is -0.445 e. The van der Waals surface area contributed by atoms with Crippen LogP contribution in [0.4, 0.5) is 0 Å². The third-order valence-corrected chi connectivity index (χ3v) is 4.90. The van der Waals surface area contributed by atoms with E-state index >= 15 is 0 Å². The average molecular weight is 412 g/mol. The van der Waals surface area contributed by atoms with Gasteiger partial charge in [-0.15, -0.1) is 5.10 Å². The number of hydrogen-bond acceptors (Lipinski definition) is 6. The summed E-state index contributed by atoms with van der Waals surface area (Å²) in [5, 5.41) is 11.0. The SMILES string of the molecule is Cc1ccc(C(=O)[C@@H](OC(=O)c2ccc(-n3cnnn3)cc2)c2ccc(C)cc2)cc1. The van der Waals surface area contributed by atoms with Gasteiger partial charge in [0.2, 0.25) is 5.78 Å². The number of tetrazole rings is 1. The molecule has 0 spiro atoms. The third-order valence-electron chi connectivity index (χ3n) is 4.90. The summed E-state index contributed by atoms with van der Waals surface area (Å²) in [6.45, 7) is 3.91. The molecule has 7 nitrogen and oxygen atoms in total. The fraction of sp³-hybridized carbons (Fsp3) is 0.125. The van der Waals surface area contributed by atoms with E-state index in [2.05, 4.69) is 15.5 Å². The molecule has 7 heteroatoms. The van der Waals surface area contributed by atoms with Crippen molar-refractivity contribution in [3.05, 3.63) is 107 Å². The van der Waals surface area contributed by atoms with Gasteiger partial charge < -0.3 is 4.74 Å². The van der Waals surface area contributed by atoms with Crippen molar-refractivity contribution < 1.29 is 14.3 Å². The second-order valence-electron chi connectivity index (χ2n) is 7.23. The number of rotatable bonds is 6. The molecule has 1 atom stereocenters. The Morgan fingerprint density at radius 3 is 1.97 bits per heavy atom. The molecule has 0 aliphatic heterocycles. The molecule has 0 unspecified atom stereocenters. The highest BCUT2D eigenvalue weighted by atomic mass is 16.5. The standard InChI is InChI=1S/C24H20N4O3/c1-16-3-7-18(8-4-16)22(29)23(19-9-5-17(2)6-10-19)31-24(30)20-11-13-21(14-12-20)28-15-25-26-27-28/h3-15,23H,1-2H3/t23-/m0/s1. The lowest BCUT2D eigenvalue weighted by atomic mass is 9.98. The van der Waals surface area contributed by atoms with E-state index in [-0.39, 0.29) is 5.78 Å². The first-order chi connectivity index (χ1) is 15.0. The van der Waals surface area contributed by atoms with Crippen LogP contribution in [0.1, 0.15) is 43.5 Å². The molecular weight excluding hydrogens is 392 g/mol. The van der Waals surface area contributed by atoms with Gasteiger partial charge in [0.15, 0.2) is 6.10 Å². The molecule has 0 aliphatic rings. The van der Waals surface area contributed by atoms with Crippen molar-refractivity contribution in [1.82, 2.24) is 20.2 Å². The van der Waals surface area contributed by atoms with Crippen LogP contribution in [0, 0.1) is 13.8 Å². The second kappa shape index (κ2) is 8.71. The van der Waals surface area contributed by atoms with Crippen LogP contribution in [-0.4, -0.2) is 32.0 Å². The van der Waals surface area contributed by atoms with E-state index in [1.54, 1.807) is 48.5 Å². The topological polar surface area (TPSA) is 87.0 Å². The Balaban J connectivity index is 1.60. The number of carbonyl (C=O) groups excluding carboxylic acids is 2. The highest BCUT2D eigenvalue weighted by Gasteiger charge is 2.27. The first-order valence-electron chi connectivity index (χ1n) is 9.73. The minimum atomic E-state index is -1.05. The van der Waals surface area contributed by atoms with Gasteiger partial charge in [0.1, 0.15) is 6.33 Å². The summed E-state index contributed by atoms with van der Waals surface area (Å²) in [4.78, 5) is 26.1. The zero-order valence-corrected chi connectivity index (χ0v) is 17.1. The number of aryl methyl sites for hydroxylation is 2. The van der Waals surface area contributed by atoms with Gasteiger partial charge in [-0.25, -0.2) is 9.48 Å². The number of Topliss-reactive ketones (excluding diaryl/α,β-unsaturated/α-hetero) is 1. The van der Waals surface area contributed by atoms with Crippen LogP contribution in [-0.2, 0) is 4.74 Å². The predicted octanol–water partition coefficient (Wildman–Crippen LogP) is 4.06. The maximum atomic E-state index is 13.2. The zero-order valence-electron chi connectivity index (χ0n) is 17.1. The molecule has 0 saturated heterocycles. The molecule has 0 N–H and O–H groups in total. The Hall–Kier alpha value is -4.13. The largest absolute Gasteiger partial charge is 0.445 e. The van der Waals surface area contributed by atoms with Crippen LogP contribution in [0.25, 0.3) is 5.69 Å². The Labute approximate surface area is 179 Å². The zero-order chi connectivity index (χ0) is 21.8. The lowest BCUT2D eigenvalue weighted by Crippen LogP contribution is -2.20. The molecule has 0 amide bonds. The first kappa shape index (κ1) is 20.2. The van der Waals surface area contributed by atoms with Crippen LogP contribution >= 0.6 is 0 Å². The van der Waals surface area contributed by atoms with Gasteiger partial charge in [-0.3, -0.25) is 4.79 Å². The number of benzene rings is 3. The highest BCUT2D eigenvalue weighted by molar-refractivity contribution is 6.02. The van der Waals surface area contributed by atoms with Crippen molar-refractivity contribution in [2.24, 2.45) is 0 Å². The summed E-state index contributed by atoms with van der Waals surface area (Å²) in [5.41, 5.74) is 4.23. The van der Waals surface area contributed by atoms with E-state index in [4.69, 9.17) is 4.74 Å². The normalized spacial score (nSPS) is 11.7. The summed E-state index contributed by atoms with van der Waals surface area (Å²) >= 11 is 0. The van der Waals surface area contributed by atoms with Crippen LogP contribution in [0.2, 0.25) is 0 Å². The lowest BCUT2D eigenvalue weighted by molar-refractivity contribution is 0.0280. The number of hydrogen-bond donors (Lipinski definition) is 0.